The number of aromatic nitrogens is 4. The van der Waals surface area contributed by atoms with Gasteiger partial charge in [-0.1, -0.05) is 36.4 Å². The van der Waals surface area contributed by atoms with Crippen molar-refractivity contribution in [3.63, 3.8) is 0 Å². The SMILES string of the molecule is Cn1cc(Nc2ncc(-c3ccc(CC(=O)Nc4cccc(C(C)(C)C#N)c4)cc3)cn2)cn1. The van der Waals surface area contributed by atoms with Crippen LogP contribution < -0.4 is 10.6 Å². The fourth-order valence-corrected chi connectivity index (χ4v) is 3.41. The van der Waals surface area contributed by atoms with Gasteiger partial charge >= 0.3 is 0 Å². The zero-order chi connectivity index (χ0) is 24.1. The Morgan fingerprint density at radius 1 is 1.03 bits per heavy atom. The summed E-state index contributed by atoms with van der Waals surface area (Å²) in [7, 11) is 1.84. The number of carbonyl (C=O) groups is 1. The molecular weight excluding hydrogens is 426 g/mol. The number of benzene rings is 2. The van der Waals surface area contributed by atoms with Crippen LogP contribution in [0.3, 0.4) is 0 Å². The molecule has 2 aromatic carbocycles. The fourth-order valence-electron chi connectivity index (χ4n) is 3.41. The summed E-state index contributed by atoms with van der Waals surface area (Å²) in [6, 6.07) is 17.4. The molecule has 8 nitrogen and oxygen atoms in total. The molecule has 0 radical (unpaired) electrons. The van der Waals surface area contributed by atoms with Crippen molar-refractivity contribution in [2.24, 2.45) is 7.05 Å². The van der Waals surface area contributed by atoms with E-state index < -0.39 is 5.41 Å². The summed E-state index contributed by atoms with van der Waals surface area (Å²) in [5.74, 6) is 0.376. The molecule has 0 saturated carbocycles. The highest BCUT2D eigenvalue weighted by Gasteiger charge is 2.20. The van der Waals surface area contributed by atoms with Crippen LogP contribution in [0.5, 0.6) is 0 Å². The highest BCUT2D eigenvalue weighted by atomic mass is 16.1. The Morgan fingerprint density at radius 2 is 1.76 bits per heavy atom. The molecule has 0 aliphatic rings. The van der Waals surface area contributed by atoms with Crippen LogP contribution in [-0.2, 0) is 23.7 Å². The average molecular weight is 452 g/mol. The number of rotatable bonds is 7. The summed E-state index contributed by atoms with van der Waals surface area (Å²) in [5, 5.41) is 19.5. The Labute approximate surface area is 198 Å². The molecule has 8 heteroatoms. The molecule has 0 bridgehead atoms. The molecule has 0 spiro atoms. The van der Waals surface area contributed by atoms with Crippen molar-refractivity contribution in [1.82, 2.24) is 19.7 Å². The van der Waals surface area contributed by atoms with E-state index in [1.807, 2.05) is 75.6 Å². The smallest absolute Gasteiger partial charge is 0.228 e. The van der Waals surface area contributed by atoms with Gasteiger partial charge in [0.15, 0.2) is 0 Å². The van der Waals surface area contributed by atoms with Gasteiger partial charge in [-0.05, 0) is 42.7 Å². The van der Waals surface area contributed by atoms with Crippen molar-refractivity contribution in [2.45, 2.75) is 25.7 Å². The van der Waals surface area contributed by atoms with E-state index in [9.17, 15) is 10.1 Å². The van der Waals surface area contributed by atoms with Crippen LogP contribution >= 0.6 is 0 Å². The number of nitrogens with one attached hydrogen (secondary N) is 2. The van der Waals surface area contributed by atoms with Crippen LogP contribution in [0.2, 0.25) is 0 Å². The predicted octanol–water partition coefficient (Wildman–Crippen LogP) is 4.60. The average Bonchev–Trinajstić information content (AvgIpc) is 3.24. The molecule has 0 atom stereocenters. The van der Waals surface area contributed by atoms with Gasteiger partial charge in [-0.15, -0.1) is 0 Å². The molecule has 2 aromatic heterocycles. The third-order valence-electron chi connectivity index (χ3n) is 5.41. The fraction of sp³-hybridized carbons (Fsp3) is 0.192. The number of nitrogens with zero attached hydrogens (tertiary/aromatic N) is 5. The largest absolute Gasteiger partial charge is 0.326 e. The van der Waals surface area contributed by atoms with Crippen LogP contribution in [0.1, 0.15) is 25.0 Å². The van der Waals surface area contributed by atoms with E-state index >= 15 is 0 Å². The minimum atomic E-state index is -0.618. The molecule has 0 aliphatic heterocycles. The van der Waals surface area contributed by atoms with E-state index in [0.29, 0.717) is 11.6 Å². The first-order chi connectivity index (χ1) is 16.3. The number of carbonyl (C=O) groups excluding carboxylic acids is 1. The molecule has 170 valence electrons. The Morgan fingerprint density at radius 3 is 2.41 bits per heavy atom. The van der Waals surface area contributed by atoms with E-state index in [4.69, 9.17) is 0 Å². The second-order valence-corrected chi connectivity index (χ2v) is 8.56. The lowest BCUT2D eigenvalue weighted by Crippen LogP contribution is -2.17. The predicted molar refractivity (Wildman–Crippen MR) is 131 cm³/mol. The van der Waals surface area contributed by atoms with E-state index in [-0.39, 0.29) is 12.3 Å². The van der Waals surface area contributed by atoms with Gasteiger partial charge in [0, 0.05) is 36.9 Å². The summed E-state index contributed by atoms with van der Waals surface area (Å²) in [4.78, 5) is 21.3. The van der Waals surface area contributed by atoms with Crippen LogP contribution in [0.4, 0.5) is 17.3 Å². The zero-order valence-electron chi connectivity index (χ0n) is 19.3. The van der Waals surface area contributed by atoms with Crippen molar-refractivity contribution >= 4 is 23.2 Å². The first kappa shape index (κ1) is 22.7. The standard InChI is InChI=1S/C26H25N7O/c1-26(2,17-27)21-5-4-6-22(12-21)31-24(34)11-18-7-9-19(10-8-18)20-13-28-25(29-14-20)32-23-15-30-33(3)16-23/h4-10,12-16H,11H2,1-3H3,(H,31,34)(H,28,29,32). The van der Waals surface area contributed by atoms with Gasteiger partial charge in [-0.3, -0.25) is 9.48 Å². The minimum Gasteiger partial charge on any atom is -0.326 e. The van der Waals surface area contributed by atoms with Gasteiger partial charge in [0.1, 0.15) is 0 Å². The van der Waals surface area contributed by atoms with E-state index in [1.54, 1.807) is 23.3 Å². The minimum absolute atomic E-state index is 0.117. The molecule has 0 fully saturated rings. The molecule has 34 heavy (non-hydrogen) atoms. The Kier molecular flexibility index (Phi) is 6.37. The van der Waals surface area contributed by atoms with Crippen LogP contribution in [0, 0.1) is 11.3 Å². The highest BCUT2D eigenvalue weighted by molar-refractivity contribution is 5.92. The quantitative estimate of drug-likeness (QED) is 0.425. The molecule has 4 aromatic rings. The number of hydrogen-bond donors (Lipinski definition) is 2. The first-order valence-corrected chi connectivity index (χ1v) is 10.8. The Hall–Kier alpha value is -4.51. The van der Waals surface area contributed by atoms with Gasteiger partial charge in [0.05, 0.1) is 29.8 Å². The number of aryl methyl sites for hydroxylation is 1. The van der Waals surface area contributed by atoms with Crippen molar-refractivity contribution in [3.05, 3.63) is 84.4 Å². The lowest BCUT2D eigenvalue weighted by Gasteiger charge is -2.17. The monoisotopic (exact) mass is 451 g/mol. The van der Waals surface area contributed by atoms with Gasteiger partial charge in [-0.2, -0.15) is 10.4 Å². The lowest BCUT2D eigenvalue weighted by atomic mass is 9.86. The molecule has 0 unspecified atom stereocenters. The summed E-state index contributed by atoms with van der Waals surface area (Å²) in [5.41, 5.74) is 4.48. The second-order valence-electron chi connectivity index (χ2n) is 8.56. The summed E-state index contributed by atoms with van der Waals surface area (Å²) in [6.07, 6.45) is 7.30. The van der Waals surface area contributed by atoms with Gasteiger partial charge in [0.2, 0.25) is 11.9 Å². The van der Waals surface area contributed by atoms with Crippen LogP contribution in [0.25, 0.3) is 11.1 Å². The third kappa shape index (κ3) is 5.45. The second kappa shape index (κ2) is 9.55. The van der Waals surface area contributed by atoms with Gasteiger partial charge in [0.25, 0.3) is 0 Å². The summed E-state index contributed by atoms with van der Waals surface area (Å²) >= 11 is 0. The number of hydrogen-bond acceptors (Lipinski definition) is 6. The van der Waals surface area contributed by atoms with Gasteiger partial charge < -0.3 is 10.6 Å². The molecule has 0 saturated heterocycles. The first-order valence-electron chi connectivity index (χ1n) is 10.8. The zero-order valence-corrected chi connectivity index (χ0v) is 19.3. The molecular formula is C26H25N7O. The summed E-state index contributed by atoms with van der Waals surface area (Å²) < 4.78 is 1.70. The Balaban J connectivity index is 1.37. The maximum absolute atomic E-state index is 12.5. The van der Waals surface area contributed by atoms with Crippen molar-refractivity contribution in [3.8, 4) is 17.2 Å². The van der Waals surface area contributed by atoms with E-state index in [0.717, 1.165) is 27.9 Å². The van der Waals surface area contributed by atoms with Crippen LogP contribution in [-0.4, -0.2) is 25.7 Å². The topological polar surface area (TPSA) is 109 Å². The third-order valence-corrected chi connectivity index (χ3v) is 5.41. The maximum Gasteiger partial charge on any atom is 0.228 e. The number of nitriles is 1. The van der Waals surface area contributed by atoms with Crippen LogP contribution in [0.15, 0.2) is 73.3 Å². The van der Waals surface area contributed by atoms with Crippen molar-refractivity contribution in [1.29, 1.82) is 5.26 Å². The number of amides is 1. The molecule has 2 heterocycles. The summed E-state index contributed by atoms with van der Waals surface area (Å²) in [6.45, 7) is 3.71. The van der Waals surface area contributed by atoms with E-state index in [1.165, 1.54) is 0 Å². The molecule has 2 N–H and O–H groups in total. The Bertz CT molecular complexity index is 1330. The van der Waals surface area contributed by atoms with E-state index in [2.05, 4.69) is 31.8 Å². The highest BCUT2D eigenvalue weighted by Crippen LogP contribution is 2.25. The maximum atomic E-state index is 12.5. The van der Waals surface area contributed by atoms with Crippen molar-refractivity contribution < 1.29 is 4.79 Å². The van der Waals surface area contributed by atoms with Crippen molar-refractivity contribution in [2.75, 3.05) is 10.6 Å². The normalized spacial score (nSPS) is 11.0. The van der Waals surface area contributed by atoms with Gasteiger partial charge in [-0.25, -0.2) is 9.97 Å². The molecule has 1 amide bonds. The molecule has 4 rings (SSSR count). The molecule has 0 aliphatic carbocycles. The lowest BCUT2D eigenvalue weighted by molar-refractivity contribution is -0.115. The number of anilines is 3.